The lowest BCUT2D eigenvalue weighted by Crippen LogP contribution is -2.36. The summed E-state index contributed by atoms with van der Waals surface area (Å²) < 4.78 is 0.640. The van der Waals surface area contributed by atoms with Gasteiger partial charge in [-0.15, -0.1) is 0 Å². The van der Waals surface area contributed by atoms with Crippen LogP contribution in [-0.2, 0) is 4.79 Å². The first-order chi connectivity index (χ1) is 7.90. The molecule has 6 nitrogen and oxygen atoms in total. The van der Waals surface area contributed by atoms with Crippen LogP contribution in [0.1, 0.15) is 10.4 Å². The Morgan fingerprint density at radius 3 is 2.59 bits per heavy atom. The highest BCUT2D eigenvalue weighted by molar-refractivity contribution is 9.10. The van der Waals surface area contributed by atoms with Gasteiger partial charge < -0.3 is 21.3 Å². The molecule has 5 N–H and O–H groups in total. The summed E-state index contributed by atoms with van der Waals surface area (Å²) in [5.41, 5.74) is 6.24. The van der Waals surface area contributed by atoms with Crippen molar-refractivity contribution in [1.29, 1.82) is 0 Å². The average Bonchev–Trinajstić information content (AvgIpc) is 2.23. The molecule has 1 aromatic rings. The number of hydrogen-bond donors (Lipinski definition) is 4. The van der Waals surface area contributed by atoms with E-state index < -0.39 is 18.0 Å². The zero-order valence-electron chi connectivity index (χ0n) is 8.68. The van der Waals surface area contributed by atoms with E-state index in [4.69, 9.17) is 15.9 Å². The van der Waals surface area contributed by atoms with Crippen LogP contribution in [0.3, 0.4) is 0 Å². The Balaban J connectivity index is 2.67. The summed E-state index contributed by atoms with van der Waals surface area (Å²) in [5, 5.41) is 19.7. The van der Waals surface area contributed by atoms with Crippen LogP contribution >= 0.6 is 15.9 Å². The van der Waals surface area contributed by atoms with Gasteiger partial charge in [0.05, 0.1) is 6.54 Å². The van der Waals surface area contributed by atoms with Gasteiger partial charge in [0.15, 0.2) is 6.10 Å². The van der Waals surface area contributed by atoms with Crippen molar-refractivity contribution in [3.63, 3.8) is 0 Å². The van der Waals surface area contributed by atoms with Crippen LogP contribution in [0, 0.1) is 0 Å². The van der Waals surface area contributed by atoms with Crippen molar-refractivity contribution in [1.82, 2.24) is 5.32 Å². The fraction of sp³-hybridized carbons (Fsp3) is 0.200. The molecule has 0 aliphatic carbocycles. The van der Waals surface area contributed by atoms with Gasteiger partial charge in [0.1, 0.15) is 0 Å². The summed E-state index contributed by atoms with van der Waals surface area (Å²) in [5.74, 6) is -1.89. The van der Waals surface area contributed by atoms with E-state index in [9.17, 15) is 9.59 Å². The minimum Gasteiger partial charge on any atom is -0.479 e. The number of carbonyl (C=O) groups is 2. The SMILES string of the molecule is Nc1cc(Br)cc(C(=O)NCC(O)C(=O)O)c1. The number of rotatable bonds is 4. The number of nitrogens with two attached hydrogens (primary N) is 1. The second kappa shape index (κ2) is 5.65. The second-order valence-corrected chi connectivity index (χ2v) is 4.25. The standard InChI is InChI=1S/C10H11BrN2O4/c11-6-1-5(2-7(12)3-6)9(15)13-4-8(14)10(16)17/h1-3,8,14H,4,12H2,(H,13,15)(H,16,17). The van der Waals surface area contributed by atoms with Crippen LogP contribution in [-0.4, -0.2) is 34.7 Å². The summed E-state index contributed by atoms with van der Waals surface area (Å²) >= 11 is 3.18. The molecule has 0 radical (unpaired) electrons. The molecule has 0 saturated carbocycles. The molecule has 0 aliphatic rings. The van der Waals surface area contributed by atoms with Crippen molar-refractivity contribution in [2.75, 3.05) is 12.3 Å². The number of benzene rings is 1. The predicted molar refractivity (Wildman–Crippen MR) is 64.5 cm³/mol. The van der Waals surface area contributed by atoms with Crippen molar-refractivity contribution < 1.29 is 19.8 Å². The first-order valence-corrected chi connectivity index (χ1v) is 5.44. The predicted octanol–water partition coefficient (Wildman–Crippen LogP) is 0.207. The number of nitrogen functional groups attached to an aromatic ring is 1. The molecular weight excluding hydrogens is 292 g/mol. The normalized spacial score (nSPS) is 11.9. The third-order valence-electron chi connectivity index (χ3n) is 1.92. The Morgan fingerprint density at radius 1 is 1.41 bits per heavy atom. The van der Waals surface area contributed by atoms with Gasteiger partial charge in [0.2, 0.25) is 0 Å². The number of carboxylic acid groups (broad SMARTS) is 1. The lowest BCUT2D eigenvalue weighted by molar-refractivity contribution is -0.146. The molecule has 0 fully saturated rings. The smallest absolute Gasteiger partial charge is 0.334 e. The minimum absolute atomic E-state index is 0.287. The highest BCUT2D eigenvalue weighted by Crippen LogP contribution is 2.17. The van der Waals surface area contributed by atoms with Crippen LogP contribution in [0.5, 0.6) is 0 Å². The molecule has 0 spiro atoms. The van der Waals surface area contributed by atoms with Crippen molar-refractivity contribution in [2.45, 2.75) is 6.10 Å². The summed E-state index contributed by atoms with van der Waals surface area (Å²) in [6.45, 7) is -0.361. The molecule has 7 heteroatoms. The van der Waals surface area contributed by atoms with Gasteiger partial charge in [-0.3, -0.25) is 4.79 Å². The monoisotopic (exact) mass is 302 g/mol. The molecule has 0 bridgehead atoms. The third kappa shape index (κ3) is 4.04. The van der Waals surface area contributed by atoms with E-state index in [1.165, 1.54) is 6.07 Å². The number of amides is 1. The van der Waals surface area contributed by atoms with E-state index in [0.717, 1.165) is 0 Å². The quantitative estimate of drug-likeness (QED) is 0.594. The molecule has 0 heterocycles. The van der Waals surface area contributed by atoms with Crippen LogP contribution in [0.25, 0.3) is 0 Å². The lowest BCUT2D eigenvalue weighted by atomic mass is 10.2. The van der Waals surface area contributed by atoms with Crippen LogP contribution in [0.4, 0.5) is 5.69 Å². The van der Waals surface area contributed by atoms with Gasteiger partial charge in [-0.2, -0.15) is 0 Å². The number of carbonyl (C=O) groups excluding carboxylic acids is 1. The molecule has 92 valence electrons. The summed E-state index contributed by atoms with van der Waals surface area (Å²) in [6.07, 6.45) is -1.62. The highest BCUT2D eigenvalue weighted by atomic mass is 79.9. The maximum atomic E-state index is 11.6. The summed E-state index contributed by atoms with van der Waals surface area (Å²) in [4.78, 5) is 21.9. The molecule has 1 unspecified atom stereocenters. The van der Waals surface area contributed by atoms with E-state index in [0.29, 0.717) is 10.2 Å². The Morgan fingerprint density at radius 2 is 2.06 bits per heavy atom. The molecule has 0 aromatic heterocycles. The molecule has 1 rings (SSSR count). The van der Waals surface area contributed by atoms with Gasteiger partial charge in [-0.1, -0.05) is 15.9 Å². The fourth-order valence-electron chi connectivity index (χ4n) is 1.12. The Labute approximate surface area is 106 Å². The molecule has 0 aliphatic heterocycles. The third-order valence-corrected chi connectivity index (χ3v) is 2.38. The van der Waals surface area contributed by atoms with E-state index in [2.05, 4.69) is 21.2 Å². The summed E-state index contributed by atoms with van der Waals surface area (Å²) in [6, 6.07) is 4.62. The van der Waals surface area contributed by atoms with Crippen molar-refractivity contribution in [2.24, 2.45) is 0 Å². The topological polar surface area (TPSA) is 113 Å². The minimum atomic E-state index is -1.62. The van der Waals surface area contributed by atoms with Gasteiger partial charge in [-0.05, 0) is 18.2 Å². The van der Waals surface area contributed by atoms with E-state index in [1.54, 1.807) is 12.1 Å². The molecule has 1 atom stereocenters. The molecule has 1 aromatic carbocycles. The number of carboxylic acids is 1. The summed E-state index contributed by atoms with van der Waals surface area (Å²) in [7, 11) is 0. The van der Waals surface area contributed by atoms with Crippen LogP contribution in [0.15, 0.2) is 22.7 Å². The number of aliphatic hydroxyl groups excluding tert-OH is 1. The number of aliphatic carboxylic acids is 1. The van der Waals surface area contributed by atoms with Gasteiger partial charge in [-0.25, -0.2) is 4.79 Å². The number of aliphatic hydroxyl groups is 1. The van der Waals surface area contributed by atoms with Gasteiger partial charge >= 0.3 is 5.97 Å². The maximum absolute atomic E-state index is 11.6. The number of hydrogen-bond acceptors (Lipinski definition) is 4. The van der Waals surface area contributed by atoms with E-state index in [1.807, 2.05) is 0 Å². The van der Waals surface area contributed by atoms with Gasteiger partial charge in [0, 0.05) is 15.7 Å². The fourth-order valence-corrected chi connectivity index (χ4v) is 1.63. The Hall–Kier alpha value is -1.60. The maximum Gasteiger partial charge on any atom is 0.334 e. The van der Waals surface area contributed by atoms with Crippen molar-refractivity contribution >= 4 is 33.5 Å². The van der Waals surface area contributed by atoms with Crippen molar-refractivity contribution in [3.05, 3.63) is 28.2 Å². The first-order valence-electron chi connectivity index (χ1n) is 4.65. The first kappa shape index (κ1) is 13.5. The molecule has 17 heavy (non-hydrogen) atoms. The zero-order valence-corrected chi connectivity index (χ0v) is 10.3. The second-order valence-electron chi connectivity index (χ2n) is 3.34. The largest absolute Gasteiger partial charge is 0.479 e. The number of halogens is 1. The molecule has 1 amide bonds. The number of nitrogens with one attached hydrogen (secondary N) is 1. The zero-order chi connectivity index (χ0) is 13.0. The number of anilines is 1. The van der Waals surface area contributed by atoms with Crippen molar-refractivity contribution in [3.8, 4) is 0 Å². The lowest BCUT2D eigenvalue weighted by Gasteiger charge is -2.08. The molecule has 0 saturated heterocycles. The van der Waals surface area contributed by atoms with Crippen LogP contribution < -0.4 is 11.1 Å². The van der Waals surface area contributed by atoms with E-state index >= 15 is 0 Å². The highest BCUT2D eigenvalue weighted by Gasteiger charge is 2.15. The van der Waals surface area contributed by atoms with Gasteiger partial charge in [0.25, 0.3) is 5.91 Å². The molecular formula is C10H11BrN2O4. The van der Waals surface area contributed by atoms with Crippen LogP contribution in [0.2, 0.25) is 0 Å². The Kier molecular flexibility index (Phi) is 4.47. The Bertz CT molecular complexity index is 430. The van der Waals surface area contributed by atoms with E-state index in [-0.39, 0.29) is 12.1 Å². The average molecular weight is 303 g/mol.